The standard InChI is InChI=1S/C15H20N4O2/c1-2-3-4-7-10-19(18-15(20)21)14-11-16-12-8-5-6-9-13(12)17-14/h5-6,8-9,11,18H,2-4,7,10H2,1H3,(H,20,21). The summed E-state index contributed by atoms with van der Waals surface area (Å²) < 4.78 is 0. The maximum absolute atomic E-state index is 10.9. The van der Waals surface area contributed by atoms with Crippen LogP contribution in [0.5, 0.6) is 0 Å². The highest BCUT2D eigenvalue weighted by Gasteiger charge is 2.11. The van der Waals surface area contributed by atoms with Gasteiger partial charge in [-0.2, -0.15) is 0 Å². The Balaban J connectivity index is 2.14. The first-order valence-corrected chi connectivity index (χ1v) is 7.19. The van der Waals surface area contributed by atoms with Crippen molar-refractivity contribution in [1.29, 1.82) is 0 Å². The van der Waals surface area contributed by atoms with Crippen LogP contribution in [0.15, 0.2) is 30.5 Å². The number of anilines is 1. The molecule has 21 heavy (non-hydrogen) atoms. The second-order valence-electron chi connectivity index (χ2n) is 4.85. The maximum atomic E-state index is 10.9. The van der Waals surface area contributed by atoms with E-state index >= 15 is 0 Å². The summed E-state index contributed by atoms with van der Waals surface area (Å²) in [5.41, 5.74) is 3.93. The Kier molecular flexibility index (Phi) is 5.31. The summed E-state index contributed by atoms with van der Waals surface area (Å²) in [5, 5.41) is 10.5. The topological polar surface area (TPSA) is 78.4 Å². The third-order valence-corrected chi connectivity index (χ3v) is 3.18. The minimum atomic E-state index is -1.10. The van der Waals surface area contributed by atoms with E-state index in [1.54, 1.807) is 6.20 Å². The number of hydrazine groups is 1. The summed E-state index contributed by atoms with van der Waals surface area (Å²) in [5.74, 6) is 0.521. The lowest BCUT2D eigenvalue weighted by Crippen LogP contribution is -2.42. The van der Waals surface area contributed by atoms with Crippen LogP contribution >= 0.6 is 0 Å². The van der Waals surface area contributed by atoms with Crippen molar-refractivity contribution in [2.75, 3.05) is 11.6 Å². The monoisotopic (exact) mass is 288 g/mol. The van der Waals surface area contributed by atoms with Crippen molar-refractivity contribution < 1.29 is 9.90 Å². The van der Waals surface area contributed by atoms with E-state index in [1.807, 2.05) is 24.3 Å². The SMILES string of the molecule is CCCCCCN(NC(=O)O)c1cnc2ccccc2n1. The van der Waals surface area contributed by atoms with Crippen molar-refractivity contribution in [3.8, 4) is 0 Å². The number of hydrogen-bond donors (Lipinski definition) is 2. The lowest BCUT2D eigenvalue weighted by Gasteiger charge is -2.22. The molecule has 0 bridgehead atoms. The molecular formula is C15H20N4O2. The van der Waals surface area contributed by atoms with Gasteiger partial charge in [-0.1, -0.05) is 38.3 Å². The summed E-state index contributed by atoms with van der Waals surface area (Å²) in [6, 6.07) is 7.52. The van der Waals surface area contributed by atoms with E-state index in [9.17, 15) is 4.79 Å². The predicted molar refractivity (Wildman–Crippen MR) is 82.2 cm³/mol. The van der Waals surface area contributed by atoms with Gasteiger partial charge in [-0.05, 0) is 18.6 Å². The van der Waals surface area contributed by atoms with Gasteiger partial charge in [0.1, 0.15) is 0 Å². The predicted octanol–water partition coefficient (Wildman–Crippen LogP) is 3.20. The van der Waals surface area contributed by atoms with Crippen molar-refractivity contribution >= 4 is 22.9 Å². The van der Waals surface area contributed by atoms with Gasteiger partial charge >= 0.3 is 6.09 Å². The fourth-order valence-electron chi connectivity index (χ4n) is 2.12. The number of fused-ring (bicyclic) bond motifs is 1. The molecule has 0 saturated carbocycles. The van der Waals surface area contributed by atoms with Crippen LogP contribution in [0, 0.1) is 0 Å². The molecule has 1 amide bonds. The molecule has 2 rings (SSSR count). The largest absolute Gasteiger partial charge is 0.464 e. The van der Waals surface area contributed by atoms with Crippen LogP contribution in [0.3, 0.4) is 0 Å². The average Bonchev–Trinajstić information content (AvgIpc) is 2.49. The summed E-state index contributed by atoms with van der Waals surface area (Å²) in [4.78, 5) is 19.7. The quantitative estimate of drug-likeness (QED) is 0.604. The highest BCUT2D eigenvalue weighted by atomic mass is 16.4. The molecular weight excluding hydrogens is 268 g/mol. The van der Waals surface area contributed by atoms with Crippen molar-refractivity contribution in [3.63, 3.8) is 0 Å². The zero-order chi connectivity index (χ0) is 15.1. The lowest BCUT2D eigenvalue weighted by atomic mass is 10.2. The number of amides is 1. The number of unbranched alkanes of at least 4 members (excludes halogenated alkanes) is 3. The number of aromatic nitrogens is 2. The Hall–Kier alpha value is -2.37. The fraction of sp³-hybridized carbons (Fsp3) is 0.400. The number of nitrogens with zero attached hydrogens (tertiary/aromatic N) is 3. The third-order valence-electron chi connectivity index (χ3n) is 3.18. The van der Waals surface area contributed by atoms with E-state index in [4.69, 9.17) is 5.11 Å². The first-order valence-electron chi connectivity index (χ1n) is 7.19. The Bertz CT molecular complexity index is 603. The molecule has 0 aliphatic rings. The highest BCUT2D eigenvalue weighted by Crippen LogP contribution is 2.15. The van der Waals surface area contributed by atoms with Crippen LogP contribution in [0.2, 0.25) is 0 Å². The number of para-hydroxylation sites is 2. The van der Waals surface area contributed by atoms with Crippen LogP contribution in [0.25, 0.3) is 11.0 Å². The molecule has 1 aromatic heterocycles. The zero-order valence-electron chi connectivity index (χ0n) is 12.1. The van der Waals surface area contributed by atoms with Gasteiger partial charge in [0.25, 0.3) is 0 Å². The maximum Gasteiger partial charge on any atom is 0.423 e. The average molecular weight is 288 g/mol. The minimum absolute atomic E-state index is 0.521. The van der Waals surface area contributed by atoms with Gasteiger partial charge in [0, 0.05) is 6.54 Å². The molecule has 6 nitrogen and oxygen atoms in total. The number of carbonyl (C=O) groups is 1. The number of carboxylic acid groups (broad SMARTS) is 1. The van der Waals surface area contributed by atoms with Gasteiger partial charge in [0.05, 0.1) is 17.2 Å². The molecule has 0 atom stereocenters. The Morgan fingerprint density at radius 1 is 1.24 bits per heavy atom. The van der Waals surface area contributed by atoms with Crippen LogP contribution < -0.4 is 10.4 Å². The smallest absolute Gasteiger partial charge is 0.423 e. The molecule has 2 N–H and O–H groups in total. The van der Waals surface area contributed by atoms with Crippen molar-refractivity contribution in [3.05, 3.63) is 30.5 Å². The lowest BCUT2D eigenvalue weighted by molar-refractivity contribution is 0.193. The minimum Gasteiger partial charge on any atom is -0.464 e. The van der Waals surface area contributed by atoms with Crippen molar-refractivity contribution in [1.82, 2.24) is 15.4 Å². The third kappa shape index (κ3) is 4.30. The fourth-order valence-corrected chi connectivity index (χ4v) is 2.12. The Morgan fingerprint density at radius 2 is 2.00 bits per heavy atom. The Morgan fingerprint density at radius 3 is 2.71 bits per heavy atom. The van der Waals surface area contributed by atoms with Gasteiger partial charge in [0.2, 0.25) is 0 Å². The van der Waals surface area contributed by atoms with Crippen LogP contribution in [-0.4, -0.2) is 27.7 Å². The van der Waals surface area contributed by atoms with E-state index in [1.165, 1.54) is 5.01 Å². The van der Waals surface area contributed by atoms with E-state index in [2.05, 4.69) is 22.3 Å². The number of hydrogen-bond acceptors (Lipinski definition) is 4. The van der Waals surface area contributed by atoms with Crippen molar-refractivity contribution in [2.24, 2.45) is 0 Å². The first-order chi connectivity index (χ1) is 10.2. The molecule has 0 saturated heterocycles. The molecule has 0 aliphatic heterocycles. The number of benzene rings is 1. The van der Waals surface area contributed by atoms with Crippen LogP contribution in [0.1, 0.15) is 32.6 Å². The van der Waals surface area contributed by atoms with E-state index in [0.717, 1.165) is 36.7 Å². The molecule has 0 fully saturated rings. The summed E-state index contributed by atoms with van der Waals surface area (Å²) in [7, 11) is 0. The molecule has 0 spiro atoms. The second-order valence-corrected chi connectivity index (χ2v) is 4.85. The first kappa shape index (κ1) is 15.0. The van der Waals surface area contributed by atoms with Gasteiger partial charge in [-0.15, -0.1) is 0 Å². The van der Waals surface area contributed by atoms with Gasteiger partial charge in [0.15, 0.2) is 5.82 Å². The van der Waals surface area contributed by atoms with E-state index < -0.39 is 6.09 Å². The van der Waals surface area contributed by atoms with Gasteiger partial charge in [-0.25, -0.2) is 15.2 Å². The molecule has 112 valence electrons. The summed E-state index contributed by atoms with van der Waals surface area (Å²) in [6.45, 7) is 2.72. The summed E-state index contributed by atoms with van der Waals surface area (Å²) >= 11 is 0. The zero-order valence-corrected chi connectivity index (χ0v) is 12.1. The van der Waals surface area contributed by atoms with Crippen molar-refractivity contribution in [2.45, 2.75) is 32.6 Å². The highest BCUT2D eigenvalue weighted by molar-refractivity contribution is 5.76. The molecule has 0 radical (unpaired) electrons. The molecule has 1 heterocycles. The van der Waals surface area contributed by atoms with E-state index in [0.29, 0.717) is 12.4 Å². The van der Waals surface area contributed by atoms with Crippen LogP contribution in [-0.2, 0) is 0 Å². The molecule has 2 aromatic rings. The second kappa shape index (κ2) is 7.42. The molecule has 0 aliphatic carbocycles. The number of rotatable bonds is 7. The molecule has 1 aromatic carbocycles. The van der Waals surface area contributed by atoms with E-state index in [-0.39, 0.29) is 0 Å². The normalized spacial score (nSPS) is 10.5. The number of nitrogens with one attached hydrogen (secondary N) is 1. The van der Waals surface area contributed by atoms with Gasteiger partial charge in [-0.3, -0.25) is 9.99 Å². The van der Waals surface area contributed by atoms with Crippen LogP contribution in [0.4, 0.5) is 10.6 Å². The summed E-state index contributed by atoms with van der Waals surface area (Å²) in [6.07, 6.45) is 4.75. The molecule has 0 unspecified atom stereocenters. The Labute approximate surface area is 123 Å². The molecule has 6 heteroatoms. The van der Waals surface area contributed by atoms with Gasteiger partial charge < -0.3 is 5.11 Å².